The first-order chi connectivity index (χ1) is 28.5. The number of unbranched alkanes of at least 4 members (excludes halogenated alkanes) is 29. The van der Waals surface area contributed by atoms with E-state index in [-0.39, 0.29) is 6.61 Å². The minimum Gasteiger partial charge on any atom is -0.464 e. The first kappa shape index (κ1) is 56.4. The van der Waals surface area contributed by atoms with E-state index in [0.29, 0.717) is 19.3 Å². The smallest absolute Gasteiger partial charge is 0.303 e. The molecule has 0 aromatic heterocycles. The fourth-order valence-corrected chi connectivity index (χ4v) is 7.85. The third-order valence-corrected chi connectivity index (χ3v) is 11.2. The zero-order valence-electron chi connectivity index (χ0n) is 39.0. The van der Waals surface area contributed by atoms with Crippen molar-refractivity contribution in [3.05, 3.63) is 0 Å². The molecule has 0 aliphatic rings. The number of hydrogen-bond donors (Lipinski definition) is 1. The Balaban J connectivity index is 5.02. The Morgan fingerprint density at radius 3 is 1.03 bits per heavy atom. The van der Waals surface area contributed by atoms with Gasteiger partial charge in [0.05, 0.1) is 0 Å². The number of carbonyl (C=O) groups is 5. The molecule has 10 nitrogen and oxygen atoms in total. The average molecular weight is 838 g/mol. The molecule has 4 atom stereocenters. The van der Waals surface area contributed by atoms with Crippen molar-refractivity contribution in [1.82, 2.24) is 5.32 Å². The molecule has 0 spiro atoms. The summed E-state index contributed by atoms with van der Waals surface area (Å²) in [6.07, 6.45) is 35.5. The number of ether oxygens (including phenoxy) is 4. The average Bonchev–Trinajstić information content (AvgIpc) is 3.18. The molecular weight excluding hydrogens is 747 g/mol. The Morgan fingerprint density at radius 2 is 0.712 bits per heavy atom. The van der Waals surface area contributed by atoms with Crippen molar-refractivity contribution < 1.29 is 42.9 Å². The lowest BCUT2D eigenvalue weighted by atomic mass is 9.98. The van der Waals surface area contributed by atoms with Gasteiger partial charge in [0.2, 0.25) is 0 Å². The standard InChI is InChI=1S/C49H91NO9/c1-7-9-11-13-15-17-19-21-23-25-27-29-31-33-35-37-39-47(58-43(5)53)49(55)50-45(40-56-41(3)51)48(59-44(6)54)46(57-42(4)52)38-36-34-32-30-28-26-24-22-20-18-16-14-12-10-8-2/h45-48H,7-40H2,1-6H3,(H,50,55)/t45?,46-,47+,48+/m1/s1. The summed E-state index contributed by atoms with van der Waals surface area (Å²) < 4.78 is 22.2. The lowest BCUT2D eigenvalue weighted by molar-refractivity contribution is -0.172. The van der Waals surface area contributed by atoms with Crippen molar-refractivity contribution in [3.63, 3.8) is 0 Å². The molecule has 0 aromatic carbocycles. The number of hydrogen-bond acceptors (Lipinski definition) is 9. The van der Waals surface area contributed by atoms with Gasteiger partial charge in [0.25, 0.3) is 5.91 Å². The Bertz CT molecular complexity index is 1050. The van der Waals surface area contributed by atoms with Crippen LogP contribution in [0.2, 0.25) is 0 Å². The summed E-state index contributed by atoms with van der Waals surface area (Å²) in [7, 11) is 0. The molecule has 346 valence electrons. The van der Waals surface area contributed by atoms with Crippen LogP contribution in [0.1, 0.15) is 253 Å². The monoisotopic (exact) mass is 838 g/mol. The van der Waals surface area contributed by atoms with Crippen LogP contribution in [0.3, 0.4) is 0 Å². The lowest BCUT2D eigenvalue weighted by Gasteiger charge is -2.33. The van der Waals surface area contributed by atoms with Crippen molar-refractivity contribution in [2.75, 3.05) is 6.61 Å². The molecule has 0 saturated heterocycles. The fraction of sp³-hybridized carbons (Fsp3) is 0.898. The minimum atomic E-state index is -1.13. The normalized spacial score (nSPS) is 13.3. The van der Waals surface area contributed by atoms with Crippen LogP contribution in [-0.2, 0) is 42.9 Å². The molecule has 0 aliphatic heterocycles. The van der Waals surface area contributed by atoms with Crippen LogP contribution in [0, 0.1) is 0 Å². The van der Waals surface area contributed by atoms with Crippen LogP contribution in [0.15, 0.2) is 0 Å². The van der Waals surface area contributed by atoms with E-state index in [1.54, 1.807) is 0 Å². The van der Waals surface area contributed by atoms with Crippen LogP contribution in [0.5, 0.6) is 0 Å². The molecule has 0 fully saturated rings. The largest absolute Gasteiger partial charge is 0.464 e. The Kier molecular flexibility index (Phi) is 38.9. The number of carbonyl (C=O) groups excluding carboxylic acids is 5. The summed E-state index contributed by atoms with van der Waals surface area (Å²) in [6, 6.07) is -1.04. The number of rotatable bonds is 42. The van der Waals surface area contributed by atoms with E-state index < -0.39 is 54.1 Å². The molecule has 0 radical (unpaired) electrons. The van der Waals surface area contributed by atoms with Gasteiger partial charge in [-0.2, -0.15) is 0 Å². The van der Waals surface area contributed by atoms with E-state index in [0.717, 1.165) is 44.9 Å². The molecule has 0 rings (SSSR count). The van der Waals surface area contributed by atoms with Crippen LogP contribution < -0.4 is 5.32 Å². The van der Waals surface area contributed by atoms with Gasteiger partial charge in [-0.25, -0.2) is 0 Å². The van der Waals surface area contributed by atoms with E-state index in [4.69, 9.17) is 18.9 Å². The maximum Gasteiger partial charge on any atom is 0.303 e. The van der Waals surface area contributed by atoms with Gasteiger partial charge in [0.1, 0.15) is 18.8 Å². The quantitative estimate of drug-likeness (QED) is 0.0362. The van der Waals surface area contributed by atoms with Crippen LogP contribution >= 0.6 is 0 Å². The highest BCUT2D eigenvalue weighted by Crippen LogP contribution is 2.21. The van der Waals surface area contributed by atoms with Crippen molar-refractivity contribution >= 4 is 29.8 Å². The van der Waals surface area contributed by atoms with E-state index >= 15 is 0 Å². The second-order valence-corrected chi connectivity index (χ2v) is 17.1. The predicted octanol–water partition coefficient (Wildman–Crippen LogP) is 12.7. The molecule has 10 heteroatoms. The zero-order chi connectivity index (χ0) is 43.8. The van der Waals surface area contributed by atoms with Crippen molar-refractivity contribution in [1.29, 1.82) is 0 Å². The highest BCUT2D eigenvalue weighted by atomic mass is 16.6. The molecule has 59 heavy (non-hydrogen) atoms. The van der Waals surface area contributed by atoms with Gasteiger partial charge >= 0.3 is 23.9 Å². The third kappa shape index (κ3) is 36.9. The van der Waals surface area contributed by atoms with Crippen molar-refractivity contribution in [3.8, 4) is 0 Å². The van der Waals surface area contributed by atoms with Crippen LogP contribution in [0.25, 0.3) is 0 Å². The number of esters is 4. The molecule has 0 aliphatic carbocycles. The van der Waals surface area contributed by atoms with Gasteiger partial charge in [-0.15, -0.1) is 0 Å². The second-order valence-electron chi connectivity index (χ2n) is 17.1. The SMILES string of the molecule is CCCCCCCCCCCCCCCCCC[C@H](OC(C)=O)C(=O)NC(COC(C)=O)[C@H](OC(C)=O)[C@@H](CCCCCCCCCCCCCCCCC)OC(C)=O. The molecule has 0 aromatic rings. The summed E-state index contributed by atoms with van der Waals surface area (Å²) in [4.78, 5) is 62.3. The predicted molar refractivity (Wildman–Crippen MR) is 239 cm³/mol. The lowest BCUT2D eigenvalue weighted by Crippen LogP contribution is -2.56. The Morgan fingerprint density at radius 1 is 0.390 bits per heavy atom. The van der Waals surface area contributed by atoms with Crippen LogP contribution in [-0.4, -0.2) is 60.7 Å². The summed E-state index contributed by atoms with van der Waals surface area (Å²) in [5.74, 6) is -2.92. The summed E-state index contributed by atoms with van der Waals surface area (Å²) in [5.41, 5.74) is 0. The fourth-order valence-electron chi connectivity index (χ4n) is 7.85. The van der Waals surface area contributed by atoms with Gasteiger partial charge in [0, 0.05) is 27.7 Å². The summed E-state index contributed by atoms with van der Waals surface area (Å²) in [5, 5.41) is 2.83. The maximum absolute atomic E-state index is 13.7. The first-order valence-electron chi connectivity index (χ1n) is 24.5. The van der Waals surface area contributed by atoms with Gasteiger partial charge in [-0.05, 0) is 25.7 Å². The Hall–Kier alpha value is -2.65. The summed E-state index contributed by atoms with van der Waals surface area (Å²) in [6.45, 7) is 9.24. The number of amides is 1. The van der Waals surface area contributed by atoms with Gasteiger partial charge in [-0.1, -0.05) is 200 Å². The molecule has 0 bridgehead atoms. The molecule has 0 saturated carbocycles. The topological polar surface area (TPSA) is 134 Å². The molecular formula is C49H91NO9. The zero-order valence-corrected chi connectivity index (χ0v) is 39.0. The molecule has 0 heterocycles. The highest BCUT2D eigenvalue weighted by molar-refractivity contribution is 5.83. The molecule has 1 amide bonds. The van der Waals surface area contributed by atoms with E-state index in [1.807, 2.05) is 0 Å². The van der Waals surface area contributed by atoms with Gasteiger partial charge < -0.3 is 24.3 Å². The van der Waals surface area contributed by atoms with Crippen LogP contribution in [0.4, 0.5) is 0 Å². The van der Waals surface area contributed by atoms with Crippen molar-refractivity contribution in [2.24, 2.45) is 0 Å². The van der Waals surface area contributed by atoms with E-state index in [9.17, 15) is 24.0 Å². The van der Waals surface area contributed by atoms with Crippen molar-refractivity contribution in [2.45, 2.75) is 278 Å². The van der Waals surface area contributed by atoms with E-state index in [2.05, 4.69) is 19.2 Å². The summed E-state index contributed by atoms with van der Waals surface area (Å²) >= 11 is 0. The minimum absolute atomic E-state index is 0.318. The van der Waals surface area contributed by atoms with Gasteiger partial charge in [-0.3, -0.25) is 24.0 Å². The second kappa shape index (κ2) is 40.7. The maximum atomic E-state index is 13.7. The molecule has 1 N–H and O–H groups in total. The third-order valence-electron chi connectivity index (χ3n) is 11.2. The number of nitrogens with one attached hydrogen (secondary N) is 1. The Labute approximate surface area is 361 Å². The van der Waals surface area contributed by atoms with Gasteiger partial charge in [0.15, 0.2) is 12.2 Å². The molecule has 1 unspecified atom stereocenters. The first-order valence-corrected chi connectivity index (χ1v) is 24.5. The van der Waals surface area contributed by atoms with E-state index in [1.165, 1.54) is 175 Å². The highest BCUT2D eigenvalue weighted by Gasteiger charge is 2.38.